The Labute approximate surface area is 139 Å². The SMILES string of the molecule is CC(N(C)c1cc(Br)ccc1CNC(C)(C)C)C(C)(C)C. The average Bonchev–Trinajstić information content (AvgIpc) is 2.33. The molecule has 1 N–H and O–H groups in total. The van der Waals surface area contributed by atoms with Crippen molar-refractivity contribution >= 4 is 21.6 Å². The van der Waals surface area contributed by atoms with Crippen LogP contribution in [0.3, 0.4) is 0 Å². The largest absolute Gasteiger partial charge is 0.371 e. The molecule has 0 amide bonds. The summed E-state index contributed by atoms with van der Waals surface area (Å²) in [6, 6.07) is 7.02. The summed E-state index contributed by atoms with van der Waals surface area (Å²) in [5.74, 6) is 0. The Balaban J connectivity index is 3.07. The fourth-order valence-corrected chi connectivity index (χ4v) is 2.51. The summed E-state index contributed by atoms with van der Waals surface area (Å²) in [5, 5.41) is 3.59. The second-order valence-electron chi connectivity index (χ2n) is 8.03. The summed E-state index contributed by atoms with van der Waals surface area (Å²) in [6.07, 6.45) is 0. The maximum atomic E-state index is 3.61. The van der Waals surface area contributed by atoms with Crippen LogP contribution in [0.5, 0.6) is 0 Å². The molecule has 1 atom stereocenters. The van der Waals surface area contributed by atoms with Crippen molar-refractivity contribution in [1.29, 1.82) is 0 Å². The van der Waals surface area contributed by atoms with Gasteiger partial charge in [-0.05, 0) is 50.8 Å². The third-order valence-electron chi connectivity index (χ3n) is 4.07. The molecule has 1 unspecified atom stereocenters. The highest BCUT2D eigenvalue weighted by atomic mass is 79.9. The van der Waals surface area contributed by atoms with Gasteiger partial charge in [0.25, 0.3) is 0 Å². The van der Waals surface area contributed by atoms with Crippen LogP contribution in [-0.4, -0.2) is 18.6 Å². The molecular formula is C18H31BrN2. The third kappa shape index (κ3) is 5.63. The molecule has 1 aromatic carbocycles. The van der Waals surface area contributed by atoms with Crippen molar-refractivity contribution in [3.8, 4) is 0 Å². The standard InChI is InChI=1S/C18H31BrN2/c1-13(17(2,3)4)21(8)16-11-15(19)10-9-14(16)12-20-18(5,6)7/h9-11,13,20H,12H2,1-8H3. The summed E-state index contributed by atoms with van der Waals surface area (Å²) >= 11 is 3.61. The molecule has 0 fully saturated rings. The minimum Gasteiger partial charge on any atom is -0.371 e. The van der Waals surface area contributed by atoms with Gasteiger partial charge in [0.1, 0.15) is 0 Å². The van der Waals surface area contributed by atoms with Gasteiger partial charge < -0.3 is 10.2 Å². The molecule has 0 saturated carbocycles. The molecule has 21 heavy (non-hydrogen) atoms. The molecule has 0 aliphatic heterocycles. The van der Waals surface area contributed by atoms with E-state index in [4.69, 9.17) is 0 Å². The lowest BCUT2D eigenvalue weighted by Crippen LogP contribution is -2.40. The zero-order valence-corrected chi connectivity index (χ0v) is 16.4. The van der Waals surface area contributed by atoms with Gasteiger partial charge in [-0.2, -0.15) is 0 Å². The molecule has 0 bridgehead atoms. The number of hydrogen-bond donors (Lipinski definition) is 1. The molecule has 0 aromatic heterocycles. The van der Waals surface area contributed by atoms with Crippen molar-refractivity contribution in [2.45, 2.75) is 66.6 Å². The van der Waals surface area contributed by atoms with Crippen LogP contribution >= 0.6 is 15.9 Å². The number of benzene rings is 1. The number of nitrogens with one attached hydrogen (secondary N) is 1. The quantitative estimate of drug-likeness (QED) is 0.798. The number of nitrogens with zero attached hydrogens (tertiary/aromatic N) is 1. The van der Waals surface area contributed by atoms with Gasteiger partial charge in [0.2, 0.25) is 0 Å². The van der Waals surface area contributed by atoms with E-state index in [0.29, 0.717) is 6.04 Å². The summed E-state index contributed by atoms with van der Waals surface area (Å²) in [6.45, 7) is 16.7. The highest BCUT2D eigenvalue weighted by molar-refractivity contribution is 9.10. The van der Waals surface area contributed by atoms with Crippen molar-refractivity contribution in [2.24, 2.45) is 5.41 Å². The minimum atomic E-state index is 0.124. The molecule has 2 nitrogen and oxygen atoms in total. The van der Waals surface area contributed by atoms with Crippen LogP contribution in [0, 0.1) is 5.41 Å². The number of halogens is 1. The van der Waals surface area contributed by atoms with Crippen LogP contribution in [0.2, 0.25) is 0 Å². The third-order valence-corrected chi connectivity index (χ3v) is 4.56. The van der Waals surface area contributed by atoms with E-state index in [0.717, 1.165) is 11.0 Å². The Morgan fingerprint density at radius 1 is 1.14 bits per heavy atom. The molecule has 0 spiro atoms. The maximum Gasteiger partial charge on any atom is 0.0423 e. The van der Waals surface area contributed by atoms with Gasteiger partial charge >= 0.3 is 0 Å². The van der Waals surface area contributed by atoms with Gasteiger partial charge in [-0.15, -0.1) is 0 Å². The van der Waals surface area contributed by atoms with Crippen LogP contribution in [0.15, 0.2) is 22.7 Å². The second-order valence-corrected chi connectivity index (χ2v) is 8.95. The fourth-order valence-electron chi connectivity index (χ4n) is 2.16. The normalized spacial score (nSPS) is 14.1. The Bertz CT molecular complexity index is 469. The van der Waals surface area contributed by atoms with E-state index in [2.05, 4.69) is 99.9 Å². The topological polar surface area (TPSA) is 15.3 Å². The molecular weight excluding hydrogens is 324 g/mol. The van der Waals surface area contributed by atoms with Gasteiger partial charge in [0.05, 0.1) is 0 Å². The fraction of sp³-hybridized carbons (Fsp3) is 0.667. The van der Waals surface area contributed by atoms with E-state index in [1.54, 1.807) is 0 Å². The van der Waals surface area contributed by atoms with Crippen molar-refractivity contribution < 1.29 is 0 Å². The molecule has 0 aliphatic carbocycles. The smallest absolute Gasteiger partial charge is 0.0423 e. The van der Waals surface area contributed by atoms with Crippen LogP contribution < -0.4 is 10.2 Å². The van der Waals surface area contributed by atoms with E-state index >= 15 is 0 Å². The first-order chi connectivity index (χ1) is 9.42. The maximum absolute atomic E-state index is 3.61. The van der Waals surface area contributed by atoms with Crippen LogP contribution in [0.4, 0.5) is 5.69 Å². The first-order valence-electron chi connectivity index (χ1n) is 7.68. The molecule has 0 heterocycles. The van der Waals surface area contributed by atoms with Gasteiger partial charge in [0.15, 0.2) is 0 Å². The van der Waals surface area contributed by atoms with Gasteiger partial charge in [0, 0.05) is 35.3 Å². The Kier molecular flexibility index (Phi) is 5.91. The Morgan fingerprint density at radius 3 is 2.19 bits per heavy atom. The van der Waals surface area contributed by atoms with Crippen molar-refractivity contribution in [3.63, 3.8) is 0 Å². The van der Waals surface area contributed by atoms with Crippen LogP contribution in [-0.2, 0) is 6.54 Å². The number of rotatable bonds is 4. The highest BCUT2D eigenvalue weighted by Gasteiger charge is 2.25. The predicted octanol–water partition coefficient (Wildman–Crippen LogP) is 5.21. The zero-order chi connectivity index (χ0) is 16.4. The molecule has 120 valence electrons. The van der Waals surface area contributed by atoms with Crippen LogP contribution in [0.25, 0.3) is 0 Å². The van der Waals surface area contributed by atoms with Crippen molar-refractivity contribution in [2.75, 3.05) is 11.9 Å². The number of hydrogen-bond acceptors (Lipinski definition) is 2. The summed E-state index contributed by atoms with van der Waals surface area (Å²) in [4.78, 5) is 2.39. The van der Waals surface area contributed by atoms with E-state index in [-0.39, 0.29) is 11.0 Å². The predicted molar refractivity (Wildman–Crippen MR) is 98.1 cm³/mol. The van der Waals surface area contributed by atoms with Crippen molar-refractivity contribution in [3.05, 3.63) is 28.2 Å². The lowest BCUT2D eigenvalue weighted by atomic mass is 9.86. The summed E-state index contributed by atoms with van der Waals surface area (Å²) in [7, 11) is 2.19. The second kappa shape index (κ2) is 6.70. The highest BCUT2D eigenvalue weighted by Crippen LogP contribution is 2.31. The summed E-state index contributed by atoms with van der Waals surface area (Å²) in [5.41, 5.74) is 3.00. The molecule has 0 saturated heterocycles. The van der Waals surface area contributed by atoms with Crippen LogP contribution in [0.1, 0.15) is 54.0 Å². The van der Waals surface area contributed by atoms with E-state index in [1.807, 2.05) is 0 Å². The minimum absolute atomic E-state index is 0.124. The lowest BCUT2D eigenvalue weighted by molar-refractivity contribution is 0.329. The Hall–Kier alpha value is -0.540. The molecule has 1 rings (SSSR count). The first kappa shape index (κ1) is 18.5. The molecule has 0 radical (unpaired) electrons. The zero-order valence-electron chi connectivity index (χ0n) is 14.8. The average molecular weight is 355 g/mol. The molecule has 3 heteroatoms. The van der Waals surface area contributed by atoms with Gasteiger partial charge in [-0.3, -0.25) is 0 Å². The van der Waals surface area contributed by atoms with Gasteiger partial charge in [-0.1, -0.05) is 42.8 Å². The monoisotopic (exact) mass is 354 g/mol. The van der Waals surface area contributed by atoms with Crippen molar-refractivity contribution in [1.82, 2.24) is 5.32 Å². The van der Waals surface area contributed by atoms with Gasteiger partial charge in [-0.25, -0.2) is 0 Å². The van der Waals surface area contributed by atoms with E-state index in [1.165, 1.54) is 11.3 Å². The van der Waals surface area contributed by atoms with E-state index < -0.39 is 0 Å². The number of anilines is 1. The molecule has 1 aromatic rings. The summed E-state index contributed by atoms with van der Waals surface area (Å²) < 4.78 is 1.13. The lowest BCUT2D eigenvalue weighted by Gasteiger charge is -2.38. The Morgan fingerprint density at radius 2 is 1.71 bits per heavy atom. The van der Waals surface area contributed by atoms with E-state index in [9.17, 15) is 0 Å². The first-order valence-corrected chi connectivity index (χ1v) is 8.47. The molecule has 0 aliphatic rings.